The highest BCUT2D eigenvalue weighted by Gasteiger charge is 2.42. The summed E-state index contributed by atoms with van der Waals surface area (Å²) in [7, 11) is 0. The summed E-state index contributed by atoms with van der Waals surface area (Å²) in [5.74, 6) is 0.0485. The number of nitrogens with one attached hydrogen (secondary N) is 1. The molecule has 2 aromatic carbocycles. The number of likely N-dealkylation sites (tertiary alicyclic amines) is 1. The van der Waals surface area contributed by atoms with E-state index in [4.69, 9.17) is 0 Å². The van der Waals surface area contributed by atoms with Gasteiger partial charge in [-0.3, -0.25) is 9.69 Å². The van der Waals surface area contributed by atoms with E-state index in [-0.39, 0.29) is 17.4 Å². The van der Waals surface area contributed by atoms with Crippen LogP contribution in [0.5, 0.6) is 0 Å². The molecule has 0 atom stereocenters. The molecule has 0 spiro atoms. The van der Waals surface area contributed by atoms with E-state index in [0.29, 0.717) is 0 Å². The number of carbonyl (C=O) groups is 1. The predicted octanol–water partition coefficient (Wildman–Crippen LogP) is 3.23. The van der Waals surface area contributed by atoms with E-state index < -0.39 is 0 Å². The van der Waals surface area contributed by atoms with Crippen LogP contribution in [-0.2, 0) is 4.79 Å². The maximum atomic E-state index is 11.2. The Bertz CT molecular complexity index is 608. The summed E-state index contributed by atoms with van der Waals surface area (Å²) in [6.07, 6.45) is 0. The van der Waals surface area contributed by atoms with Crippen molar-refractivity contribution in [3.63, 3.8) is 0 Å². The molecule has 0 bridgehead atoms. The molecule has 1 aliphatic heterocycles. The third-order valence-electron chi connectivity index (χ3n) is 4.53. The van der Waals surface area contributed by atoms with E-state index in [1.165, 1.54) is 11.1 Å². The summed E-state index contributed by atoms with van der Waals surface area (Å²) in [5.41, 5.74) is 2.80. The van der Waals surface area contributed by atoms with Crippen LogP contribution in [0.25, 0.3) is 0 Å². The van der Waals surface area contributed by atoms with Gasteiger partial charge in [-0.1, -0.05) is 67.6 Å². The van der Waals surface area contributed by atoms with Crippen molar-refractivity contribution in [3.05, 3.63) is 71.8 Å². The van der Waals surface area contributed by atoms with E-state index in [1.54, 1.807) is 6.92 Å². The van der Waals surface area contributed by atoms with Crippen molar-refractivity contribution in [2.75, 3.05) is 19.6 Å². The standard InChI is InChI=1S/C20H24N2O/c1-16(23)21-13-20(2)14-22(15-20)19(17-9-5-3-6-10-17)18-11-7-4-8-12-18/h3-12,19H,13-15H2,1-2H3,(H,21,23). The molecule has 3 rings (SSSR count). The second-order valence-corrected chi connectivity index (χ2v) is 6.85. The number of hydrogen-bond acceptors (Lipinski definition) is 2. The van der Waals surface area contributed by atoms with Gasteiger partial charge >= 0.3 is 0 Å². The molecule has 2 aromatic rings. The first kappa shape index (κ1) is 15.8. The van der Waals surface area contributed by atoms with Crippen LogP contribution in [0.1, 0.15) is 31.0 Å². The van der Waals surface area contributed by atoms with Crippen LogP contribution in [0.15, 0.2) is 60.7 Å². The molecule has 1 amide bonds. The number of amides is 1. The lowest BCUT2D eigenvalue weighted by atomic mass is 9.79. The fraction of sp³-hybridized carbons (Fsp3) is 0.350. The average Bonchev–Trinajstić information content (AvgIpc) is 2.54. The van der Waals surface area contributed by atoms with Gasteiger partial charge in [0.2, 0.25) is 5.91 Å². The van der Waals surface area contributed by atoms with Gasteiger partial charge in [0.25, 0.3) is 0 Å². The first-order valence-corrected chi connectivity index (χ1v) is 8.16. The van der Waals surface area contributed by atoms with Crippen LogP contribution < -0.4 is 5.32 Å². The predicted molar refractivity (Wildman–Crippen MR) is 93.1 cm³/mol. The van der Waals surface area contributed by atoms with Gasteiger partial charge in [0.05, 0.1) is 6.04 Å². The third-order valence-corrected chi connectivity index (χ3v) is 4.53. The minimum atomic E-state index is 0.0485. The van der Waals surface area contributed by atoms with Gasteiger partial charge in [0.1, 0.15) is 0 Å². The lowest BCUT2D eigenvalue weighted by Crippen LogP contribution is -2.60. The van der Waals surface area contributed by atoms with E-state index >= 15 is 0 Å². The van der Waals surface area contributed by atoms with Crippen molar-refractivity contribution in [3.8, 4) is 0 Å². The van der Waals surface area contributed by atoms with Gasteiger partial charge in [-0.25, -0.2) is 0 Å². The highest BCUT2D eigenvalue weighted by molar-refractivity contribution is 5.72. The lowest BCUT2D eigenvalue weighted by molar-refractivity contribution is -0.120. The summed E-state index contributed by atoms with van der Waals surface area (Å²) in [6.45, 7) is 6.54. The molecule has 1 saturated heterocycles. The van der Waals surface area contributed by atoms with Gasteiger partial charge < -0.3 is 5.32 Å². The monoisotopic (exact) mass is 308 g/mol. The topological polar surface area (TPSA) is 32.3 Å². The molecule has 1 heterocycles. The molecule has 1 N–H and O–H groups in total. The van der Waals surface area contributed by atoms with Crippen molar-refractivity contribution in [1.82, 2.24) is 10.2 Å². The van der Waals surface area contributed by atoms with Gasteiger partial charge in [-0.2, -0.15) is 0 Å². The maximum Gasteiger partial charge on any atom is 0.216 e. The molecule has 1 fully saturated rings. The zero-order valence-corrected chi connectivity index (χ0v) is 13.8. The van der Waals surface area contributed by atoms with Crippen LogP contribution in [-0.4, -0.2) is 30.4 Å². The highest BCUT2D eigenvalue weighted by Crippen LogP contribution is 2.39. The lowest BCUT2D eigenvalue weighted by Gasteiger charge is -2.52. The van der Waals surface area contributed by atoms with Crippen molar-refractivity contribution in [1.29, 1.82) is 0 Å². The fourth-order valence-electron chi connectivity index (χ4n) is 3.45. The molecule has 3 heteroatoms. The van der Waals surface area contributed by atoms with E-state index in [0.717, 1.165) is 19.6 Å². The Balaban J connectivity index is 1.78. The summed E-state index contributed by atoms with van der Waals surface area (Å²) in [5, 5.41) is 2.96. The number of rotatable bonds is 5. The molecule has 0 aromatic heterocycles. The molecular weight excluding hydrogens is 284 g/mol. The summed E-state index contributed by atoms with van der Waals surface area (Å²) >= 11 is 0. The summed E-state index contributed by atoms with van der Waals surface area (Å²) < 4.78 is 0. The Kier molecular flexibility index (Phi) is 4.49. The summed E-state index contributed by atoms with van der Waals surface area (Å²) in [4.78, 5) is 13.7. The minimum absolute atomic E-state index is 0.0485. The second-order valence-electron chi connectivity index (χ2n) is 6.85. The Labute approximate surface area is 138 Å². The van der Waals surface area contributed by atoms with Crippen LogP contribution in [0.3, 0.4) is 0 Å². The van der Waals surface area contributed by atoms with Crippen LogP contribution >= 0.6 is 0 Å². The van der Waals surface area contributed by atoms with Gasteiger partial charge in [-0.15, -0.1) is 0 Å². The number of benzene rings is 2. The van der Waals surface area contributed by atoms with Crippen molar-refractivity contribution >= 4 is 5.91 Å². The zero-order chi connectivity index (χ0) is 16.3. The van der Waals surface area contributed by atoms with E-state index in [2.05, 4.69) is 77.8 Å². The quantitative estimate of drug-likeness (QED) is 0.920. The number of carbonyl (C=O) groups excluding carboxylic acids is 1. The smallest absolute Gasteiger partial charge is 0.216 e. The minimum Gasteiger partial charge on any atom is -0.356 e. The maximum absolute atomic E-state index is 11.2. The highest BCUT2D eigenvalue weighted by atomic mass is 16.1. The molecule has 3 nitrogen and oxygen atoms in total. The molecule has 0 unspecified atom stereocenters. The molecule has 1 aliphatic rings. The molecule has 0 radical (unpaired) electrons. The second kappa shape index (κ2) is 6.55. The number of hydrogen-bond donors (Lipinski definition) is 1. The first-order chi connectivity index (χ1) is 11.1. The zero-order valence-electron chi connectivity index (χ0n) is 13.8. The molecule has 0 aliphatic carbocycles. The van der Waals surface area contributed by atoms with E-state index in [9.17, 15) is 4.79 Å². The molecule has 120 valence electrons. The Hall–Kier alpha value is -2.13. The van der Waals surface area contributed by atoms with Gasteiger partial charge in [0.15, 0.2) is 0 Å². The van der Waals surface area contributed by atoms with Crippen molar-refractivity contribution < 1.29 is 4.79 Å². The van der Waals surface area contributed by atoms with Crippen molar-refractivity contribution in [2.24, 2.45) is 5.41 Å². The third kappa shape index (κ3) is 3.62. The van der Waals surface area contributed by atoms with Crippen LogP contribution in [0.4, 0.5) is 0 Å². The van der Waals surface area contributed by atoms with Gasteiger partial charge in [-0.05, 0) is 11.1 Å². The molecular formula is C20H24N2O. The first-order valence-electron chi connectivity index (χ1n) is 8.16. The Morgan fingerprint density at radius 3 is 1.96 bits per heavy atom. The van der Waals surface area contributed by atoms with Crippen molar-refractivity contribution in [2.45, 2.75) is 19.9 Å². The van der Waals surface area contributed by atoms with E-state index in [1.807, 2.05) is 0 Å². The Morgan fingerprint density at radius 2 is 1.52 bits per heavy atom. The number of nitrogens with zero attached hydrogens (tertiary/aromatic N) is 1. The largest absolute Gasteiger partial charge is 0.356 e. The average molecular weight is 308 g/mol. The van der Waals surface area contributed by atoms with Crippen LogP contribution in [0, 0.1) is 5.41 Å². The summed E-state index contributed by atoms with van der Waals surface area (Å²) in [6, 6.07) is 21.6. The SMILES string of the molecule is CC(=O)NCC1(C)CN(C(c2ccccc2)c2ccccc2)C1. The Morgan fingerprint density at radius 1 is 1.04 bits per heavy atom. The fourth-order valence-corrected chi connectivity index (χ4v) is 3.45. The normalized spacial score (nSPS) is 16.8. The van der Waals surface area contributed by atoms with Gasteiger partial charge in [0, 0.05) is 32.0 Å². The van der Waals surface area contributed by atoms with Crippen LogP contribution in [0.2, 0.25) is 0 Å². The molecule has 0 saturated carbocycles. The molecule has 23 heavy (non-hydrogen) atoms.